The number of carboxylic acids is 1. The van der Waals surface area contributed by atoms with Crippen molar-refractivity contribution in [3.8, 4) is 22.8 Å². The zero-order chi connectivity index (χ0) is 16.7. The molecule has 1 aromatic heterocycles. The number of benzene rings is 2. The molecule has 122 valence electrons. The molecule has 24 heavy (non-hydrogen) atoms. The van der Waals surface area contributed by atoms with Gasteiger partial charge >= 0.3 is 5.97 Å². The van der Waals surface area contributed by atoms with E-state index < -0.39 is 5.97 Å². The summed E-state index contributed by atoms with van der Waals surface area (Å²) in [5, 5.41) is 10.3. The smallest absolute Gasteiger partial charge is 0.335 e. The Kier molecular flexibility index (Phi) is 3.41. The Bertz CT molecular complexity index is 942. The summed E-state index contributed by atoms with van der Waals surface area (Å²) in [7, 11) is 1.64. The lowest BCUT2D eigenvalue weighted by molar-refractivity contribution is 0.0697. The maximum atomic E-state index is 11.3. The van der Waals surface area contributed by atoms with E-state index in [2.05, 4.69) is 10.6 Å². The second-order valence-corrected chi connectivity index (χ2v) is 5.80. The Morgan fingerprint density at radius 3 is 2.92 bits per heavy atom. The van der Waals surface area contributed by atoms with Gasteiger partial charge in [0.25, 0.3) is 0 Å². The number of carbonyl (C=O) groups is 1. The topological polar surface area (TPSA) is 60.7 Å². The van der Waals surface area contributed by atoms with E-state index in [1.165, 1.54) is 0 Å². The van der Waals surface area contributed by atoms with Crippen molar-refractivity contribution in [3.05, 3.63) is 48.0 Å². The number of methoxy groups -OCH3 is 1. The van der Waals surface area contributed by atoms with Crippen LogP contribution in [-0.4, -0.2) is 29.4 Å². The van der Waals surface area contributed by atoms with Crippen LogP contribution in [0.5, 0.6) is 11.5 Å². The SMILES string of the molecule is COc1cccc2c1-c1cc3ccc(C(=O)O)cc3n1CCCO2. The Labute approximate surface area is 139 Å². The van der Waals surface area contributed by atoms with Crippen LogP contribution in [-0.2, 0) is 6.54 Å². The van der Waals surface area contributed by atoms with E-state index in [4.69, 9.17) is 9.47 Å². The Hall–Kier alpha value is -2.95. The summed E-state index contributed by atoms with van der Waals surface area (Å²) in [6.07, 6.45) is 0.852. The molecule has 0 atom stereocenters. The largest absolute Gasteiger partial charge is 0.496 e. The molecule has 0 bridgehead atoms. The van der Waals surface area contributed by atoms with Crippen molar-refractivity contribution in [1.29, 1.82) is 0 Å². The second-order valence-electron chi connectivity index (χ2n) is 5.80. The lowest BCUT2D eigenvalue weighted by atomic mass is 10.1. The monoisotopic (exact) mass is 323 g/mol. The number of carboxylic acid groups (broad SMARTS) is 1. The lowest BCUT2D eigenvalue weighted by Crippen LogP contribution is -2.11. The van der Waals surface area contributed by atoms with Crippen LogP contribution in [0.1, 0.15) is 16.8 Å². The van der Waals surface area contributed by atoms with Gasteiger partial charge in [0.15, 0.2) is 0 Å². The number of aromatic carboxylic acids is 1. The van der Waals surface area contributed by atoms with Crippen LogP contribution in [0.25, 0.3) is 22.2 Å². The van der Waals surface area contributed by atoms with E-state index in [0.29, 0.717) is 12.2 Å². The summed E-state index contributed by atoms with van der Waals surface area (Å²) < 4.78 is 13.6. The molecule has 2 aromatic carbocycles. The first-order valence-corrected chi connectivity index (χ1v) is 7.86. The zero-order valence-electron chi connectivity index (χ0n) is 13.3. The molecular weight excluding hydrogens is 306 g/mol. The molecule has 5 nitrogen and oxygen atoms in total. The summed E-state index contributed by atoms with van der Waals surface area (Å²) in [4.78, 5) is 11.3. The highest BCUT2D eigenvalue weighted by Crippen LogP contribution is 2.42. The van der Waals surface area contributed by atoms with Gasteiger partial charge < -0.3 is 19.1 Å². The highest BCUT2D eigenvalue weighted by Gasteiger charge is 2.21. The number of aryl methyl sites for hydroxylation is 1. The van der Waals surface area contributed by atoms with Crippen molar-refractivity contribution < 1.29 is 19.4 Å². The van der Waals surface area contributed by atoms with Crippen molar-refractivity contribution in [2.24, 2.45) is 0 Å². The molecule has 1 aliphatic heterocycles. The van der Waals surface area contributed by atoms with Crippen LogP contribution >= 0.6 is 0 Å². The predicted molar refractivity (Wildman–Crippen MR) is 91.0 cm³/mol. The third-order valence-electron chi connectivity index (χ3n) is 4.40. The fraction of sp³-hybridized carbons (Fsp3) is 0.211. The second kappa shape index (κ2) is 5.60. The van der Waals surface area contributed by atoms with E-state index >= 15 is 0 Å². The molecule has 0 fully saturated rings. The number of nitrogens with zero attached hydrogens (tertiary/aromatic N) is 1. The van der Waals surface area contributed by atoms with Crippen molar-refractivity contribution in [1.82, 2.24) is 4.57 Å². The van der Waals surface area contributed by atoms with Crippen molar-refractivity contribution in [3.63, 3.8) is 0 Å². The molecule has 4 rings (SSSR count). The molecular formula is C19H17NO4. The predicted octanol–water partition coefficient (Wildman–Crippen LogP) is 3.80. The summed E-state index contributed by atoms with van der Waals surface area (Å²) in [5.74, 6) is 0.619. The van der Waals surface area contributed by atoms with Gasteiger partial charge in [-0.3, -0.25) is 0 Å². The number of fused-ring (bicyclic) bond motifs is 5. The number of ether oxygens (including phenoxy) is 2. The van der Waals surface area contributed by atoms with Gasteiger partial charge in [0, 0.05) is 17.4 Å². The maximum absolute atomic E-state index is 11.3. The third kappa shape index (κ3) is 2.21. The molecule has 0 unspecified atom stereocenters. The van der Waals surface area contributed by atoms with E-state index in [1.54, 1.807) is 19.2 Å². The average Bonchev–Trinajstić information content (AvgIpc) is 2.92. The highest BCUT2D eigenvalue weighted by molar-refractivity contribution is 5.96. The molecule has 0 aliphatic carbocycles. The fourth-order valence-electron chi connectivity index (χ4n) is 3.29. The van der Waals surface area contributed by atoms with Crippen LogP contribution < -0.4 is 9.47 Å². The number of hydrogen-bond donors (Lipinski definition) is 1. The summed E-state index contributed by atoms with van der Waals surface area (Å²) >= 11 is 0. The van der Waals surface area contributed by atoms with Crippen molar-refractivity contribution >= 4 is 16.9 Å². The Balaban J connectivity index is 2.04. The van der Waals surface area contributed by atoms with Crippen LogP contribution in [0.2, 0.25) is 0 Å². The zero-order valence-corrected chi connectivity index (χ0v) is 13.3. The van der Waals surface area contributed by atoms with Gasteiger partial charge in [-0.1, -0.05) is 12.1 Å². The van der Waals surface area contributed by atoms with Gasteiger partial charge in [-0.05, 0) is 36.8 Å². The minimum absolute atomic E-state index is 0.293. The number of hydrogen-bond acceptors (Lipinski definition) is 3. The molecule has 0 saturated heterocycles. The summed E-state index contributed by atoms with van der Waals surface area (Å²) in [6.45, 7) is 1.37. The molecule has 1 N–H and O–H groups in total. The molecule has 1 aliphatic rings. The van der Waals surface area contributed by atoms with Gasteiger partial charge in [0.05, 0.1) is 30.5 Å². The molecule has 5 heteroatoms. The van der Waals surface area contributed by atoms with Gasteiger partial charge in [0.1, 0.15) is 11.5 Å². The lowest BCUT2D eigenvalue weighted by Gasteiger charge is -2.20. The fourth-order valence-corrected chi connectivity index (χ4v) is 3.29. The summed E-state index contributed by atoms with van der Waals surface area (Å²) in [6, 6.07) is 13.1. The van der Waals surface area contributed by atoms with E-state index in [9.17, 15) is 9.90 Å². The van der Waals surface area contributed by atoms with E-state index in [1.807, 2.05) is 24.3 Å². The maximum Gasteiger partial charge on any atom is 0.335 e. The first kappa shape index (κ1) is 14.6. The van der Waals surface area contributed by atoms with Crippen LogP contribution in [0.4, 0.5) is 0 Å². The van der Waals surface area contributed by atoms with Gasteiger partial charge in [-0.25, -0.2) is 4.79 Å². The Morgan fingerprint density at radius 2 is 2.12 bits per heavy atom. The minimum Gasteiger partial charge on any atom is -0.496 e. The van der Waals surface area contributed by atoms with Crippen molar-refractivity contribution in [2.75, 3.05) is 13.7 Å². The third-order valence-corrected chi connectivity index (χ3v) is 4.40. The standard InChI is InChI=1S/C19H17NO4/c1-23-16-4-2-5-17-18(16)15-10-12-6-7-13(19(21)22)11-14(12)20(15)8-3-9-24-17/h2,4-7,10-11H,3,8-9H2,1H3,(H,21,22). The minimum atomic E-state index is -0.917. The molecule has 3 aromatic rings. The highest BCUT2D eigenvalue weighted by atomic mass is 16.5. The first-order chi connectivity index (χ1) is 11.7. The van der Waals surface area contributed by atoms with E-state index in [-0.39, 0.29) is 0 Å². The van der Waals surface area contributed by atoms with Gasteiger partial charge in [0.2, 0.25) is 0 Å². The molecule has 0 amide bonds. The normalized spacial score (nSPS) is 13.4. The van der Waals surface area contributed by atoms with Gasteiger partial charge in [-0.15, -0.1) is 0 Å². The van der Waals surface area contributed by atoms with Crippen LogP contribution in [0.15, 0.2) is 42.5 Å². The Morgan fingerprint density at radius 1 is 1.25 bits per heavy atom. The van der Waals surface area contributed by atoms with Crippen LogP contribution in [0, 0.1) is 0 Å². The number of aromatic nitrogens is 1. The summed E-state index contributed by atoms with van der Waals surface area (Å²) in [5.41, 5.74) is 3.11. The molecule has 0 spiro atoms. The van der Waals surface area contributed by atoms with Crippen molar-refractivity contribution in [2.45, 2.75) is 13.0 Å². The number of rotatable bonds is 2. The molecule has 0 radical (unpaired) electrons. The molecule has 2 heterocycles. The van der Waals surface area contributed by atoms with Gasteiger partial charge in [-0.2, -0.15) is 0 Å². The first-order valence-electron chi connectivity index (χ1n) is 7.86. The molecule has 0 saturated carbocycles. The quantitative estimate of drug-likeness (QED) is 0.779. The van der Waals surface area contributed by atoms with Crippen LogP contribution in [0.3, 0.4) is 0 Å². The van der Waals surface area contributed by atoms with E-state index in [0.717, 1.165) is 46.6 Å². The average molecular weight is 323 g/mol.